The fourth-order valence-electron chi connectivity index (χ4n) is 2.44. The van der Waals surface area contributed by atoms with Crippen LogP contribution in [0.3, 0.4) is 0 Å². The highest BCUT2D eigenvalue weighted by molar-refractivity contribution is 5.93. The van der Waals surface area contributed by atoms with E-state index < -0.39 is 5.63 Å². The number of rotatable bonds is 7. The Labute approximate surface area is 162 Å². The predicted molar refractivity (Wildman–Crippen MR) is 107 cm³/mol. The number of amides is 1. The van der Waals surface area contributed by atoms with Gasteiger partial charge in [-0.25, -0.2) is 9.78 Å². The third kappa shape index (κ3) is 5.41. The average Bonchev–Trinajstić information content (AvgIpc) is 2.67. The van der Waals surface area contributed by atoms with Gasteiger partial charge < -0.3 is 20.4 Å². The molecule has 0 spiro atoms. The van der Waals surface area contributed by atoms with Crippen molar-refractivity contribution in [2.45, 2.75) is 13.8 Å². The number of benzene rings is 1. The molecule has 3 N–H and O–H groups in total. The van der Waals surface area contributed by atoms with Gasteiger partial charge in [0.1, 0.15) is 12.1 Å². The fourth-order valence-corrected chi connectivity index (χ4v) is 2.44. The zero-order chi connectivity index (χ0) is 19.9. The van der Waals surface area contributed by atoms with Crippen LogP contribution in [-0.2, 0) is 0 Å². The number of anilines is 3. The van der Waals surface area contributed by atoms with Gasteiger partial charge in [0.15, 0.2) is 0 Å². The maximum Gasteiger partial charge on any atom is 0.335 e. The van der Waals surface area contributed by atoms with E-state index in [1.54, 1.807) is 0 Å². The van der Waals surface area contributed by atoms with Crippen molar-refractivity contribution in [2.24, 2.45) is 0 Å². The summed E-state index contributed by atoms with van der Waals surface area (Å²) in [5.74, 6) is 0.828. The van der Waals surface area contributed by atoms with Crippen LogP contribution in [0.15, 0.2) is 57.9 Å². The fraction of sp³-hybridized carbons (Fsp3) is 0.200. The number of carbonyl (C=O) groups excluding carboxylic acids is 1. The number of nitrogens with zero attached hydrogens (tertiary/aromatic N) is 2. The molecule has 0 radical (unpaired) electrons. The van der Waals surface area contributed by atoms with Gasteiger partial charge in [-0.05, 0) is 32.0 Å². The first kappa shape index (κ1) is 19.1. The van der Waals surface area contributed by atoms with Gasteiger partial charge in [0.2, 0.25) is 5.95 Å². The summed E-state index contributed by atoms with van der Waals surface area (Å²) in [6.45, 7) is 4.72. The monoisotopic (exact) mass is 379 g/mol. The molecule has 2 heterocycles. The molecule has 0 aliphatic carbocycles. The number of hydrogen-bond donors (Lipinski definition) is 3. The minimum Gasteiger partial charge on any atom is -0.430 e. The van der Waals surface area contributed by atoms with Gasteiger partial charge in [0, 0.05) is 36.6 Å². The highest BCUT2D eigenvalue weighted by atomic mass is 16.4. The van der Waals surface area contributed by atoms with Gasteiger partial charge >= 0.3 is 5.63 Å². The highest BCUT2D eigenvalue weighted by Gasteiger charge is 2.06. The summed E-state index contributed by atoms with van der Waals surface area (Å²) < 4.78 is 4.68. The number of aryl methyl sites for hydroxylation is 2. The molecular weight excluding hydrogens is 358 g/mol. The first-order valence-electron chi connectivity index (χ1n) is 8.80. The van der Waals surface area contributed by atoms with Crippen molar-refractivity contribution >= 4 is 23.4 Å². The van der Waals surface area contributed by atoms with E-state index >= 15 is 0 Å². The predicted octanol–water partition coefficient (Wildman–Crippen LogP) is 2.63. The molecule has 1 amide bonds. The van der Waals surface area contributed by atoms with E-state index in [9.17, 15) is 9.59 Å². The van der Waals surface area contributed by atoms with Crippen molar-refractivity contribution in [2.75, 3.05) is 23.7 Å². The van der Waals surface area contributed by atoms with E-state index in [0.717, 1.165) is 17.6 Å². The first-order valence-corrected chi connectivity index (χ1v) is 8.80. The molecule has 8 nitrogen and oxygen atoms in total. The average molecular weight is 379 g/mol. The zero-order valence-corrected chi connectivity index (χ0v) is 15.7. The van der Waals surface area contributed by atoms with Crippen molar-refractivity contribution in [1.29, 1.82) is 0 Å². The smallest absolute Gasteiger partial charge is 0.335 e. The molecule has 0 aliphatic heterocycles. The summed E-state index contributed by atoms with van der Waals surface area (Å²) in [5.41, 5.74) is 2.74. The van der Waals surface area contributed by atoms with Crippen molar-refractivity contribution in [1.82, 2.24) is 15.3 Å². The summed E-state index contributed by atoms with van der Waals surface area (Å²) in [4.78, 5) is 31.7. The molecular formula is C20H21N5O3. The van der Waals surface area contributed by atoms with Crippen molar-refractivity contribution < 1.29 is 9.21 Å². The molecule has 0 aliphatic rings. The van der Waals surface area contributed by atoms with Gasteiger partial charge in [-0.1, -0.05) is 17.7 Å². The molecule has 3 rings (SSSR count). The van der Waals surface area contributed by atoms with Crippen LogP contribution in [0.5, 0.6) is 0 Å². The van der Waals surface area contributed by atoms with Crippen LogP contribution in [0.1, 0.15) is 21.6 Å². The van der Waals surface area contributed by atoms with Gasteiger partial charge in [-0.3, -0.25) is 4.79 Å². The second kappa shape index (κ2) is 8.81. The lowest BCUT2D eigenvalue weighted by molar-refractivity contribution is 0.0952. The van der Waals surface area contributed by atoms with Crippen molar-refractivity contribution in [3.63, 3.8) is 0 Å². The molecule has 2 aromatic heterocycles. The second-order valence-electron chi connectivity index (χ2n) is 6.24. The van der Waals surface area contributed by atoms with E-state index in [1.807, 2.05) is 44.2 Å². The Morgan fingerprint density at radius 3 is 2.54 bits per heavy atom. The Kier molecular flexibility index (Phi) is 6.01. The van der Waals surface area contributed by atoms with Crippen LogP contribution in [0.2, 0.25) is 0 Å². The second-order valence-corrected chi connectivity index (χ2v) is 6.24. The summed E-state index contributed by atoms with van der Waals surface area (Å²) in [7, 11) is 0. The van der Waals surface area contributed by atoms with Gasteiger partial charge in [-0.2, -0.15) is 4.98 Å². The number of hydrogen-bond acceptors (Lipinski definition) is 7. The third-order valence-corrected chi connectivity index (χ3v) is 3.84. The van der Waals surface area contributed by atoms with Gasteiger partial charge in [0.25, 0.3) is 5.91 Å². The van der Waals surface area contributed by atoms with E-state index in [-0.39, 0.29) is 11.5 Å². The Morgan fingerprint density at radius 2 is 1.82 bits per heavy atom. The van der Waals surface area contributed by atoms with E-state index in [1.165, 1.54) is 17.7 Å². The number of nitrogens with one attached hydrogen (secondary N) is 3. The van der Waals surface area contributed by atoms with Crippen LogP contribution in [0, 0.1) is 13.8 Å². The molecule has 0 fully saturated rings. The SMILES string of the molecule is Cc1ccc(Nc2cc(C)nc(NCCNC(=O)c3ccc(=O)oc3)n2)cc1. The number of aromatic nitrogens is 2. The van der Waals surface area contributed by atoms with E-state index in [0.29, 0.717) is 24.9 Å². The minimum absolute atomic E-state index is 0.288. The molecule has 0 saturated carbocycles. The summed E-state index contributed by atoms with van der Waals surface area (Å²) >= 11 is 0. The molecule has 0 unspecified atom stereocenters. The zero-order valence-electron chi connectivity index (χ0n) is 15.7. The highest BCUT2D eigenvalue weighted by Crippen LogP contribution is 2.17. The Hall–Kier alpha value is -3.68. The number of carbonyl (C=O) groups is 1. The van der Waals surface area contributed by atoms with Gasteiger partial charge in [-0.15, -0.1) is 0 Å². The van der Waals surface area contributed by atoms with E-state index in [2.05, 4.69) is 30.3 Å². The van der Waals surface area contributed by atoms with Crippen LogP contribution in [-0.4, -0.2) is 29.0 Å². The summed E-state index contributed by atoms with van der Waals surface area (Å²) in [6, 6.07) is 12.5. The molecule has 0 bridgehead atoms. The lowest BCUT2D eigenvalue weighted by atomic mass is 10.2. The first-order chi connectivity index (χ1) is 13.5. The molecule has 0 saturated heterocycles. The Bertz CT molecular complexity index is 995. The van der Waals surface area contributed by atoms with Crippen molar-refractivity contribution in [3.8, 4) is 0 Å². The lowest BCUT2D eigenvalue weighted by Gasteiger charge is -2.10. The standard InChI is InChI=1S/C20H21N5O3/c1-13-3-6-16(7-4-13)24-17-11-14(2)23-20(25-17)22-10-9-21-19(27)15-5-8-18(26)28-12-15/h3-8,11-12H,9-10H2,1-2H3,(H,21,27)(H2,22,23,24,25). The van der Waals surface area contributed by atoms with Gasteiger partial charge in [0.05, 0.1) is 5.56 Å². The van der Waals surface area contributed by atoms with Crippen LogP contribution >= 0.6 is 0 Å². The summed E-state index contributed by atoms with van der Waals surface area (Å²) in [5, 5.41) is 9.06. The molecule has 1 aromatic carbocycles. The van der Waals surface area contributed by atoms with E-state index in [4.69, 9.17) is 0 Å². The maximum atomic E-state index is 12.0. The third-order valence-electron chi connectivity index (χ3n) is 3.84. The minimum atomic E-state index is -0.495. The van der Waals surface area contributed by atoms with Crippen LogP contribution < -0.4 is 21.6 Å². The normalized spacial score (nSPS) is 10.4. The maximum absolute atomic E-state index is 12.0. The Balaban J connectivity index is 1.53. The Morgan fingerprint density at radius 1 is 1.04 bits per heavy atom. The molecule has 8 heteroatoms. The molecule has 144 valence electrons. The molecule has 0 atom stereocenters. The van der Waals surface area contributed by atoms with Crippen LogP contribution in [0.4, 0.5) is 17.5 Å². The largest absolute Gasteiger partial charge is 0.430 e. The van der Waals surface area contributed by atoms with Crippen LogP contribution in [0.25, 0.3) is 0 Å². The summed E-state index contributed by atoms with van der Waals surface area (Å²) in [6.07, 6.45) is 1.14. The lowest BCUT2D eigenvalue weighted by Crippen LogP contribution is -2.29. The van der Waals surface area contributed by atoms with Crippen molar-refractivity contribution in [3.05, 3.63) is 76.0 Å². The topological polar surface area (TPSA) is 109 Å². The quantitative estimate of drug-likeness (QED) is 0.541. The molecule has 3 aromatic rings. The molecule has 28 heavy (non-hydrogen) atoms.